The van der Waals surface area contributed by atoms with Gasteiger partial charge >= 0.3 is 0 Å². The molecule has 2 aromatic rings. The van der Waals surface area contributed by atoms with E-state index in [0.717, 1.165) is 24.1 Å². The van der Waals surface area contributed by atoms with E-state index in [9.17, 15) is 13.2 Å². The molecule has 0 bridgehead atoms. The molecule has 0 aliphatic rings. The van der Waals surface area contributed by atoms with Crippen molar-refractivity contribution in [2.75, 3.05) is 6.54 Å². The number of halogens is 3. The monoisotopic (exact) mass is 283 g/mol. The van der Waals surface area contributed by atoms with Crippen molar-refractivity contribution in [2.24, 2.45) is 7.05 Å². The summed E-state index contributed by atoms with van der Waals surface area (Å²) < 4.78 is 41.4. The van der Waals surface area contributed by atoms with Crippen LogP contribution in [-0.2, 0) is 7.05 Å². The fourth-order valence-electron chi connectivity index (χ4n) is 2.05. The maximum atomic E-state index is 13.4. The Balaban J connectivity index is 2.40. The fourth-order valence-corrected chi connectivity index (χ4v) is 2.05. The van der Waals surface area contributed by atoms with E-state index in [0.29, 0.717) is 12.1 Å². The Morgan fingerprint density at radius 3 is 2.35 bits per heavy atom. The Morgan fingerprint density at radius 1 is 1.20 bits per heavy atom. The highest BCUT2D eigenvalue weighted by molar-refractivity contribution is 5.30. The summed E-state index contributed by atoms with van der Waals surface area (Å²) in [5.74, 6) is -3.83. The quantitative estimate of drug-likeness (QED) is 0.855. The van der Waals surface area contributed by atoms with E-state index in [-0.39, 0.29) is 0 Å². The van der Waals surface area contributed by atoms with Crippen molar-refractivity contribution in [3.05, 3.63) is 53.1 Å². The zero-order chi connectivity index (χ0) is 14.7. The molecule has 0 saturated heterocycles. The summed E-state index contributed by atoms with van der Waals surface area (Å²) in [6.07, 6.45) is 4.24. The van der Waals surface area contributed by atoms with Gasteiger partial charge in [-0.25, -0.2) is 13.2 Å². The van der Waals surface area contributed by atoms with Crippen molar-refractivity contribution in [1.29, 1.82) is 0 Å². The molecule has 0 amide bonds. The molecule has 0 aliphatic heterocycles. The van der Waals surface area contributed by atoms with Gasteiger partial charge in [0.05, 0.1) is 12.2 Å². The number of hydrogen-bond donors (Lipinski definition) is 1. The number of hydrogen-bond acceptors (Lipinski definition) is 2. The Kier molecular flexibility index (Phi) is 4.44. The van der Waals surface area contributed by atoms with Crippen LogP contribution in [0.1, 0.15) is 30.5 Å². The van der Waals surface area contributed by atoms with Crippen LogP contribution >= 0.6 is 0 Å². The lowest BCUT2D eigenvalue weighted by Crippen LogP contribution is -2.23. The minimum Gasteiger partial charge on any atom is -0.306 e. The molecule has 1 aromatic heterocycles. The first kappa shape index (κ1) is 14.6. The second-order valence-electron chi connectivity index (χ2n) is 4.63. The van der Waals surface area contributed by atoms with Gasteiger partial charge in [0.15, 0.2) is 17.5 Å². The van der Waals surface area contributed by atoms with Crippen LogP contribution in [0.5, 0.6) is 0 Å². The van der Waals surface area contributed by atoms with E-state index < -0.39 is 23.5 Å². The molecule has 3 nitrogen and oxygen atoms in total. The average molecular weight is 283 g/mol. The predicted molar refractivity (Wildman–Crippen MR) is 69.7 cm³/mol. The molecule has 6 heteroatoms. The van der Waals surface area contributed by atoms with Crippen molar-refractivity contribution in [1.82, 2.24) is 15.1 Å². The van der Waals surface area contributed by atoms with Crippen molar-refractivity contribution in [2.45, 2.75) is 19.4 Å². The predicted octanol–water partition coefficient (Wildman–Crippen LogP) is 2.93. The van der Waals surface area contributed by atoms with E-state index in [2.05, 4.69) is 10.4 Å². The van der Waals surface area contributed by atoms with Gasteiger partial charge in [0, 0.05) is 18.8 Å². The van der Waals surface area contributed by atoms with Crippen molar-refractivity contribution < 1.29 is 13.2 Å². The van der Waals surface area contributed by atoms with E-state index in [4.69, 9.17) is 0 Å². The van der Waals surface area contributed by atoms with Gasteiger partial charge in [-0.05, 0) is 30.7 Å². The molecule has 0 radical (unpaired) electrons. The lowest BCUT2D eigenvalue weighted by atomic mass is 10.0. The van der Waals surface area contributed by atoms with Gasteiger partial charge in [0.2, 0.25) is 0 Å². The van der Waals surface area contributed by atoms with Crippen LogP contribution < -0.4 is 5.32 Å². The summed E-state index contributed by atoms with van der Waals surface area (Å²) in [7, 11) is 1.76. The van der Waals surface area contributed by atoms with Gasteiger partial charge in [0.1, 0.15) is 0 Å². The molecule has 108 valence electrons. The highest BCUT2D eigenvalue weighted by atomic mass is 19.2. The van der Waals surface area contributed by atoms with Crippen molar-refractivity contribution in [3.8, 4) is 0 Å². The maximum absolute atomic E-state index is 13.4. The van der Waals surface area contributed by atoms with Gasteiger partial charge in [-0.15, -0.1) is 0 Å². The van der Waals surface area contributed by atoms with Crippen LogP contribution in [0.15, 0.2) is 24.5 Å². The number of benzene rings is 1. The molecule has 1 atom stereocenters. The summed E-state index contributed by atoms with van der Waals surface area (Å²) in [6, 6.07) is 1.60. The summed E-state index contributed by atoms with van der Waals surface area (Å²) in [6.45, 7) is 2.65. The van der Waals surface area contributed by atoms with E-state index in [1.54, 1.807) is 24.1 Å². The minimum absolute atomic E-state index is 0.336. The SMILES string of the molecule is CCCNC(c1cc(F)c(F)c(F)c1)c1cnn(C)c1. The number of nitrogens with one attached hydrogen (secondary N) is 1. The number of nitrogens with zero attached hydrogens (tertiary/aromatic N) is 2. The minimum atomic E-state index is -1.45. The zero-order valence-corrected chi connectivity index (χ0v) is 11.3. The number of rotatable bonds is 5. The summed E-state index contributed by atoms with van der Waals surface area (Å²) >= 11 is 0. The average Bonchev–Trinajstić information content (AvgIpc) is 2.83. The van der Waals surface area contributed by atoms with Gasteiger partial charge in [-0.2, -0.15) is 5.10 Å². The van der Waals surface area contributed by atoms with Gasteiger partial charge in [0.25, 0.3) is 0 Å². The third kappa shape index (κ3) is 3.01. The van der Waals surface area contributed by atoms with Gasteiger partial charge < -0.3 is 5.32 Å². The summed E-state index contributed by atoms with van der Waals surface area (Å²) in [5.41, 5.74) is 1.11. The molecular weight excluding hydrogens is 267 g/mol. The second-order valence-corrected chi connectivity index (χ2v) is 4.63. The summed E-state index contributed by atoms with van der Waals surface area (Å²) in [5, 5.41) is 7.23. The van der Waals surface area contributed by atoms with Crippen LogP contribution in [0.2, 0.25) is 0 Å². The normalized spacial score (nSPS) is 12.7. The van der Waals surface area contributed by atoms with Crippen molar-refractivity contribution in [3.63, 3.8) is 0 Å². The zero-order valence-electron chi connectivity index (χ0n) is 11.3. The van der Waals surface area contributed by atoms with Crippen LogP contribution in [-0.4, -0.2) is 16.3 Å². The first-order chi connectivity index (χ1) is 9.52. The lowest BCUT2D eigenvalue weighted by molar-refractivity contribution is 0.442. The molecule has 0 fully saturated rings. The Hall–Kier alpha value is -1.82. The van der Waals surface area contributed by atoms with E-state index in [1.807, 2.05) is 6.92 Å². The topological polar surface area (TPSA) is 29.9 Å². The van der Waals surface area contributed by atoms with Gasteiger partial charge in [-0.1, -0.05) is 6.92 Å². The molecule has 2 rings (SSSR count). The van der Waals surface area contributed by atoms with Crippen molar-refractivity contribution >= 4 is 0 Å². The van der Waals surface area contributed by atoms with Crippen LogP contribution in [0, 0.1) is 17.5 Å². The number of aryl methyl sites for hydroxylation is 1. The molecule has 0 spiro atoms. The first-order valence-electron chi connectivity index (χ1n) is 6.39. The molecule has 1 unspecified atom stereocenters. The molecular formula is C14H16F3N3. The second kappa shape index (κ2) is 6.09. The molecule has 1 aromatic carbocycles. The first-order valence-corrected chi connectivity index (χ1v) is 6.39. The highest BCUT2D eigenvalue weighted by Gasteiger charge is 2.19. The highest BCUT2D eigenvalue weighted by Crippen LogP contribution is 2.24. The standard InChI is InChI=1S/C14H16F3N3/c1-3-4-18-14(10-7-19-20(2)8-10)9-5-11(15)13(17)12(16)6-9/h5-8,14,18H,3-4H2,1-2H3. The summed E-state index contributed by atoms with van der Waals surface area (Å²) in [4.78, 5) is 0. The molecule has 1 N–H and O–H groups in total. The van der Waals surface area contributed by atoms with Crippen LogP contribution in [0.4, 0.5) is 13.2 Å². The largest absolute Gasteiger partial charge is 0.306 e. The Morgan fingerprint density at radius 2 is 1.85 bits per heavy atom. The van der Waals surface area contributed by atoms with Crippen LogP contribution in [0.3, 0.4) is 0 Å². The third-order valence-corrected chi connectivity index (χ3v) is 3.00. The third-order valence-electron chi connectivity index (χ3n) is 3.00. The molecule has 0 aliphatic carbocycles. The molecule has 20 heavy (non-hydrogen) atoms. The van der Waals surface area contributed by atoms with Crippen LogP contribution in [0.25, 0.3) is 0 Å². The Bertz CT molecular complexity index is 572. The Labute approximate surface area is 115 Å². The fraction of sp³-hybridized carbons (Fsp3) is 0.357. The van der Waals surface area contributed by atoms with E-state index in [1.165, 1.54) is 0 Å². The molecule has 0 saturated carbocycles. The lowest BCUT2D eigenvalue weighted by Gasteiger charge is -2.18. The maximum Gasteiger partial charge on any atom is 0.194 e. The molecule has 1 heterocycles. The smallest absolute Gasteiger partial charge is 0.194 e. The number of aromatic nitrogens is 2. The van der Waals surface area contributed by atoms with E-state index >= 15 is 0 Å². The van der Waals surface area contributed by atoms with Gasteiger partial charge in [-0.3, -0.25) is 4.68 Å².